The van der Waals surface area contributed by atoms with Gasteiger partial charge in [0.1, 0.15) is 48.0 Å². The van der Waals surface area contributed by atoms with Gasteiger partial charge in [-0.05, 0) is 56.7 Å². The quantitative estimate of drug-likeness (QED) is 0.0502. The fourth-order valence-corrected chi connectivity index (χ4v) is 6.49. The Morgan fingerprint density at radius 3 is 1.97 bits per heavy atom. The summed E-state index contributed by atoms with van der Waals surface area (Å²) in [5, 5.41) is 62.8. The third-order valence-electron chi connectivity index (χ3n) is 10.4. The zero-order valence-corrected chi connectivity index (χ0v) is 34.9. The number of carboxylic acids is 1. The summed E-state index contributed by atoms with van der Waals surface area (Å²) >= 11 is 0. The molecule has 1 aliphatic heterocycles. The van der Waals surface area contributed by atoms with E-state index in [4.69, 9.17) is 10.8 Å². The van der Waals surface area contributed by atoms with E-state index in [1.54, 1.807) is 26.0 Å². The van der Waals surface area contributed by atoms with Crippen molar-refractivity contribution in [1.82, 2.24) is 46.8 Å². The van der Waals surface area contributed by atoms with Crippen LogP contribution in [0.15, 0.2) is 36.8 Å². The Balaban J connectivity index is 1.75. The number of carbonyl (C=O) groups is 8. The molecule has 0 unspecified atom stereocenters. The van der Waals surface area contributed by atoms with E-state index in [-0.39, 0.29) is 31.6 Å². The Labute approximate surface area is 357 Å². The molecule has 7 amide bonds. The number of likely N-dealkylation sites (tertiary alicyclic amines) is 1. The molecule has 14 N–H and O–H groups in total. The van der Waals surface area contributed by atoms with Crippen LogP contribution in [-0.4, -0.2) is 162 Å². The number of hydrogen-bond donors (Lipinski definition) is 13. The minimum absolute atomic E-state index is 0.00875. The Kier molecular flexibility index (Phi) is 19.2. The predicted octanol–water partition coefficient (Wildman–Crippen LogP) is -4.36. The van der Waals surface area contributed by atoms with Crippen molar-refractivity contribution in [2.24, 2.45) is 11.7 Å². The van der Waals surface area contributed by atoms with E-state index in [1.807, 2.05) is 0 Å². The average molecular weight is 875 g/mol. The summed E-state index contributed by atoms with van der Waals surface area (Å²) in [6.45, 7) is 4.17. The van der Waals surface area contributed by atoms with E-state index in [0.29, 0.717) is 24.1 Å². The van der Waals surface area contributed by atoms with Crippen LogP contribution in [-0.2, 0) is 51.2 Å². The Morgan fingerprint density at radius 1 is 0.806 bits per heavy atom. The number of rotatable bonds is 23. The van der Waals surface area contributed by atoms with Crippen LogP contribution in [0.2, 0.25) is 0 Å². The highest BCUT2D eigenvalue weighted by atomic mass is 16.4. The lowest BCUT2D eigenvalue weighted by Crippen LogP contribution is -2.63. The van der Waals surface area contributed by atoms with E-state index in [0.717, 1.165) is 0 Å². The molecule has 62 heavy (non-hydrogen) atoms. The number of aliphatic hydroxyl groups is 3. The molecule has 23 nitrogen and oxygen atoms in total. The molecule has 0 saturated carbocycles. The van der Waals surface area contributed by atoms with Gasteiger partial charge in [-0.15, -0.1) is 0 Å². The summed E-state index contributed by atoms with van der Waals surface area (Å²) in [6, 6.07) is -5.17. The minimum atomic E-state index is -1.70. The first-order valence-electron chi connectivity index (χ1n) is 20.1. The Morgan fingerprint density at radius 2 is 1.40 bits per heavy atom. The van der Waals surface area contributed by atoms with E-state index in [2.05, 4.69) is 41.9 Å². The summed E-state index contributed by atoms with van der Waals surface area (Å²) in [4.78, 5) is 113. The molecular weight excluding hydrogens is 816 g/mol. The van der Waals surface area contributed by atoms with Gasteiger partial charge in [0.2, 0.25) is 41.4 Å². The third-order valence-corrected chi connectivity index (χ3v) is 10.4. The average Bonchev–Trinajstić information content (AvgIpc) is 3.95. The molecule has 1 aliphatic rings. The van der Waals surface area contributed by atoms with Crippen LogP contribution >= 0.6 is 0 Å². The van der Waals surface area contributed by atoms with Crippen molar-refractivity contribution in [1.29, 1.82) is 0 Å². The van der Waals surface area contributed by atoms with E-state index >= 15 is 0 Å². The highest BCUT2D eigenvalue weighted by molar-refractivity contribution is 5.98. The standard InChI is InChI=1S/C39H58N10O13/c1-5-19(2)30(47-37(59)31(21(4)52)48-34(56)27(16-50)45-33(55)25(40)13-22-8-10-24(53)11-9-22)36(58)44-26(14-23-15-41-18-42-23)38(60)49-12-6-7-29(49)35(57)43-20(3)32(54)46-28(17-51)39(61)62/h8-11,15,18-21,25-31,50-53H,5-7,12-14,16-17,40H2,1-4H3,(H,41,42)(H,43,57)(H,44,58)(H,45,55)(H,46,54)(H,47,59)(H,48,56)(H,61,62)/t19-,20-,21+,25-,26-,27-,28-,29-,30-,31-/m0/s1. The lowest BCUT2D eigenvalue weighted by Gasteiger charge is -2.32. The first-order valence-corrected chi connectivity index (χ1v) is 20.1. The molecule has 0 radical (unpaired) electrons. The molecule has 2 aromatic rings. The summed E-state index contributed by atoms with van der Waals surface area (Å²) in [6.07, 6.45) is 2.02. The number of aliphatic hydroxyl groups excluding tert-OH is 3. The van der Waals surface area contributed by atoms with Crippen LogP contribution in [0.3, 0.4) is 0 Å². The summed E-state index contributed by atoms with van der Waals surface area (Å²) in [5.41, 5.74) is 7.03. The van der Waals surface area contributed by atoms with Crippen LogP contribution in [0.4, 0.5) is 0 Å². The maximum absolute atomic E-state index is 14.2. The minimum Gasteiger partial charge on any atom is -0.508 e. The number of aromatic amines is 1. The van der Waals surface area contributed by atoms with Crippen molar-refractivity contribution in [3.63, 3.8) is 0 Å². The number of aromatic hydroxyl groups is 1. The second kappa shape index (κ2) is 23.7. The molecule has 2 heterocycles. The Bertz CT molecular complexity index is 1860. The number of phenols is 1. The lowest BCUT2D eigenvalue weighted by molar-refractivity contribution is -0.144. The summed E-state index contributed by atoms with van der Waals surface area (Å²) < 4.78 is 0. The van der Waals surface area contributed by atoms with Crippen LogP contribution < -0.4 is 37.6 Å². The van der Waals surface area contributed by atoms with Gasteiger partial charge < -0.3 is 73.1 Å². The van der Waals surface area contributed by atoms with Crippen molar-refractivity contribution >= 4 is 47.3 Å². The molecule has 23 heteroatoms. The molecule has 0 spiro atoms. The molecule has 342 valence electrons. The number of imidazole rings is 1. The zero-order valence-electron chi connectivity index (χ0n) is 34.9. The molecule has 10 atom stereocenters. The van der Waals surface area contributed by atoms with Gasteiger partial charge >= 0.3 is 5.97 Å². The molecule has 0 bridgehead atoms. The normalized spacial score (nSPS) is 18.0. The molecule has 0 aliphatic carbocycles. The number of hydrogen-bond acceptors (Lipinski definition) is 14. The van der Waals surface area contributed by atoms with E-state index < -0.39 is 121 Å². The van der Waals surface area contributed by atoms with Gasteiger partial charge in [-0.1, -0.05) is 32.4 Å². The smallest absolute Gasteiger partial charge is 0.328 e. The maximum Gasteiger partial charge on any atom is 0.328 e. The van der Waals surface area contributed by atoms with Gasteiger partial charge in [0.15, 0.2) is 0 Å². The van der Waals surface area contributed by atoms with Gasteiger partial charge in [-0.2, -0.15) is 0 Å². The van der Waals surface area contributed by atoms with Gasteiger partial charge in [0.25, 0.3) is 0 Å². The molecule has 1 saturated heterocycles. The van der Waals surface area contributed by atoms with Crippen LogP contribution in [0.1, 0.15) is 58.2 Å². The number of nitrogens with zero attached hydrogens (tertiary/aromatic N) is 2. The highest BCUT2D eigenvalue weighted by Gasteiger charge is 2.41. The van der Waals surface area contributed by atoms with Crippen molar-refractivity contribution in [3.05, 3.63) is 48.0 Å². The van der Waals surface area contributed by atoms with Gasteiger partial charge in [0, 0.05) is 24.9 Å². The number of carbonyl (C=O) groups excluding carboxylic acids is 7. The number of amides is 7. The number of phenolic OH excluding ortho intramolecular Hbond substituents is 1. The molecule has 1 aromatic carbocycles. The number of aliphatic carboxylic acids is 1. The highest BCUT2D eigenvalue weighted by Crippen LogP contribution is 2.21. The lowest BCUT2D eigenvalue weighted by atomic mass is 9.96. The molecule has 1 fully saturated rings. The number of benzene rings is 1. The summed E-state index contributed by atoms with van der Waals surface area (Å²) in [5.74, 6) is -8.07. The second-order valence-corrected chi connectivity index (χ2v) is 15.2. The Hall–Kier alpha value is -6.17. The zero-order chi connectivity index (χ0) is 46.3. The number of aromatic nitrogens is 2. The predicted molar refractivity (Wildman–Crippen MR) is 217 cm³/mol. The third kappa shape index (κ3) is 14.2. The topological polar surface area (TPSA) is 368 Å². The first kappa shape index (κ1) is 50.2. The number of nitrogens with two attached hydrogens (primary N) is 1. The van der Waals surface area contributed by atoms with Gasteiger partial charge in [-0.3, -0.25) is 33.6 Å². The SMILES string of the molecule is CC[C@H](C)[C@H](NC(=O)[C@@H](NC(=O)[C@H](CO)NC(=O)[C@@H](N)Cc1ccc(O)cc1)[C@@H](C)O)C(=O)N[C@@H](Cc1cnc[nH]1)C(=O)N1CCC[C@H]1C(=O)N[C@@H](C)C(=O)N[C@@H](CO)C(=O)O. The number of nitrogens with one attached hydrogen (secondary N) is 7. The van der Waals surface area contributed by atoms with Gasteiger partial charge in [-0.25, -0.2) is 9.78 Å². The van der Waals surface area contributed by atoms with Crippen molar-refractivity contribution in [3.8, 4) is 5.75 Å². The molecule has 1 aromatic heterocycles. The fourth-order valence-electron chi connectivity index (χ4n) is 6.49. The number of carboxylic acid groups (broad SMARTS) is 1. The first-order chi connectivity index (χ1) is 29.3. The van der Waals surface area contributed by atoms with E-state index in [1.165, 1.54) is 43.4 Å². The van der Waals surface area contributed by atoms with Gasteiger partial charge in [0.05, 0.1) is 31.7 Å². The van der Waals surface area contributed by atoms with Crippen LogP contribution in [0.25, 0.3) is 0 Å². The van der Waals surface area contributed by atoms with Crippen LogP contribution in [0.5, 0.6) is 5.75 Å². The fraction of sp³-hybridized carbons (Fsp3) is 0.564. The van der Waals surface area contributed by atoms with Crippen molar-refractivity contribution < 1.29 is 63.9 Å². The summed E-state index contributed by atoms with van der Waals surface area (Å²) in [7, 11) is 0. The monoisotopic (exact) mass is 874 g/mol. The molecule has 3 rings (SSSR count). The molecular formula is C39H58N10O13. The number of H-pyrrole nitrogens is 1. The maximum atomic E-state index is 14.2. The largest absolute Gasteiger partial charge is 0.508 e. The van der Waals surface area contributed by atoms with Crippen LogP contribution in [0, 0.1) is 5.92 Å². The second-order valence-electron chi connectivity index (χ2n) is 15.2. The van der Waals surface area contributed by atoms with E-state index in [9.17, 15) is 58.8 Å². The van der Waals surface area contributed by atoms with Crippen molar-refractivity contribution in [2.75, 3.05) is 19.8 Å². The van der Waals surface area contributed by atoms with Crippen molar-refractivity contribution in [2.45, 2.75) is 114 Å².